The monoisotopic (exact) mass is 194 g/mol. The average Bonchev–Trinajstić information content (AvgIpc) is 2.56. The predicted octanol–water partition coefficient (Wildman–Crippen LogP) is 1.48. The van der Waals surface area contributed by atoms with Crippen molar-refractivity contribution in [2.24, 2.45) is 0 Å². The van der Waals surface area contributed by atoms with E-state index in [0.717, 1.165) is 5.56 Å². The third-order valence-electron chi connectivity index (χ3n) is 1.79. The molecular weight excluding hydrogens is 187 g/mol. The Hall–Kier alpha value is -1.91. The van der Waals surface area contributed by atoms with Gasteiger partial charge in [0.15, 0.2) is 0 Å². The number of hydrogen-bond donors (Lipinski definition) is 1. The van der Waals surface area contributed by atoms with E-state index in [1.54, 1.807) is 12.1 Å². The summed E-state index contributed by atoms with van der Waals surface area (Å²) >= 11 is 0. The highest BCUT2D eigenvalue weighted by Gasteiger charge is 2.10. The average molecular weight is 194 g/mol. The number of nitrogens with one attached hydrogen (secondary N) is 1. The fraction of sp³-hybridized carbons (Fsp3) is 0.111. The summed E-state index contributed by atoms with van der Waals surface area (Å²) in [6.45, 7) is 1.81. The lowest BCUT2D eigenvalue weighted by Crippen LogP contribution is -1.93. The van der Waals surface area contributed by atoms with Crippen LogP contribution in [0.2, 0.25) is 0 Å². The van der Waals surface area contributed by atoms with Crippen molar-refractivity contribution in [2.45, 2.75) is 6.92 Å². The summed E-state index contributed by atoms with van der Waals surface area (Å²) in [4.78, 5) is 10.7. The molecule has 1 aromatic heterocycles. The van der Waals surface area contributed by atoms with E-state index < -0.39 is 11.6 Å². The van der Waals surface area contributed by atoms with Crippen molar-refractivity contribution in [1.82, 2.24) is 10.2 Å². The van der Waals surface area contributed by atoms with E-state index in [1.165, 1.54) is 6.07 Å². The topological polar surface area (TPSA) is 58.9 Å². The summed E-state index contributed by atoms with van der Waals surface area (Å²) < 4.78 is 17.9. The number of aryl methyl sites for hydroxylation is 1. The Balaban J connectivity index is 2.61. The smallest absolute Gasteiger partial charge is 0.388 e. The van der Waals surface area contributed by atoms with E-state index >= 15 is 0 Å². The van der Waals surface area contributed by atoms with Gasteiger partial charge in [0.25, 0.3) is 5.89 Å². The predicted molar refractivity (Wildman–Crippen MR) is 47.3 cm³/mol. The first-order valence-corrected chi connectivity index (χ1v) is 3.99. The van der Waals surface area contributed by atoms with Crippen molar-refractivity contribution in [1.29, 1.82) is 0 Å². The van der Waals surface area contributed by atoms with Crippen LogP contribution in [0.25, 0.3) is 11.5 Å². The Morgan fingerprint density at radius 2 is 2.29 bits per heavy atom. The summed E-state index contributed by atoms with van der Waals surface area (Å²) in [5.74, 6) is -1.19. The quantitative estimate of drug-likeness (QED) is 0.747. The lowest BCUT2D eigenvalue weighted by Gasteiger charge is -1.98. The lowest BCUT2D eigenvalue weighted by atomic mass is 10.1. The zero-order chi connectivity index (χ0) is 10.1. The van der Waals surface area contributed by atoms with Gasteiger partial charge in [-0.2, -0.15) is 0 Å². The molecule has 0 amide bonds. The van der Waals surface area contributed by atoms with Crippen molar-refractivity contribution in [2.75, 3.05) is 0 Å². The van der Waals surface area contributed by atoms with Gasteiger partial charge in [-0.3, -0.25) is 0 Å². The molecular formula is C9H7FN2O2. The molecule has 4 nitrogen and oxygen atoms in total. The van der Waals surface area contributed by atoms with Crippen LogP contribution in [0.5, 0.6) is 0 Å². The van der Waals surface area contributed by atoms with E-state index in [-0.39, 0.29) is 11.5 Å². The molecule has 0 aliphatic carbocycles. The van der Waals surface area contributed by atoms with Gasteiger partial charge in [0, 0.05) is 0 Å². The Bertz CT molecular complexity index is 516. The van der Waals surface area contributed by atoms with E-state index in [0.29, 0.717) is 0 Å². The van der Waals surface area contributed by atoms with E-state index in [4.69, 9.17) is 0 Å². The van der Waals surface area contributed by atoms with Crippen LogP contribution >= 0.6 is 0 Å². The molecule has 2 aromatic rings. The van der Waals surface area contributed by atoms with Gasteiger partial charge in [-0.15, -0.1) is 5.10 Å². The minimum Gasteiger partial charge on any atom is -0.388 e. The van der Waals surface area contributed by atoms with Gasteiger partial charge >= 0.3 is 5.76 Å². The van der Waals surface area contributed by atoms with E-state index in [1.807, 2.05) is 6.92 Å². The molecule has 0 radical (unpaired) electrons. The van der Waals surface area contributed by atoms with Crippen LogP contribution in [-0.2, 0) is 0 Å². The maximum absolute atomic E-state index is 13.2. The molecule has 0 fully saturated rings. The van der Waals surface area contributed by atoms with Gasteiger partial charge in [0.2, 0.25) is 0 Å². The van der Waals surface area contributed by atoms with Crippen molar-refractivity contribution < 1.29 is 8.81 Å². The lowest BCUT2D eigenvalue weighted by molar-refractivity contribution is 0.521. The Labute approximate surface area is 78.4 Å². The Kier molecular flexibility index (Phi) is 1.92. The standard InChI is InChI=1S/C9H7FN2O2/c1-5-2-3-7(10)6(4-5)8-11-12-9(13)14-8/h2-4H,1H3,(H,12,13). The largest absolute Gasteiger partial charge is 0.434 e. The molecule has 0 atom stereocenters. The number of H-pyrrole nitrogens is 1. The molecule has 0 aliphatic rings. The molecule has 0 unspecified atom stereocenters. The molecule has 0 saturated heterocycles. The second-order valence-electron chi connectivity index (χ2n) is 2.90. The first-order chi connectivity index (χ1) is 6.66. The zero-order valence-electron chi connectivity index (χ0n) is 7.37. The highest BCUT2D eigenvalue weighted by atomic mass is 19.1. The summed E-state index contributed by atoms with van der Waals surface area (Å²) in [7, 11) is 0. The number of hydrogen-bond acceptors (Lipinski definition) is 3. The summed E-state index contributed by atoms with van der Waals surface area (Å²) in [6.07, 6.45) is 0. The molecule has 2 rings (SSSR count). The highest BCUT2D eigenvalue weighted by molar-refractivity contribution is 5.54. The zero-order valence-corrected chi connectivity index (χ0v) is 7.37. The molecule has 72 valence electrons. The molecule has 0 aliphatic heterocycles. The minimum atomic E-state index is -0.694. The molecule has 1 heterocycles. The molecule has 5 heteroatoms. The molecule has 0 spiro atoms. The fourth-order valence-electron chi connectivity index (χ4n) is 1.15. The van der Waals surface area contributed by atoms with Gasteiger partial charge in [0.05, 0.1) is 5.56 Å². The maximum Gasteiger partial charge on any atom is 0.434 e. The Morgan fingerprint density at radius 3 is 2.93 bits per heavy atom. The summed E-state index contributed by atoms with van der Waals surface area (Å²) in [5.41, 5.74) is 1.05. The molecule has 14 heavy (non-hydrogen) atoms. The highest BCUT2D eigenvalue weighted by Crippen LogP contribution is 2.20. The van der Waals surface area contributed by atoms with Crippen molar-refractivity contribution in [3.05, 3.63) is 40.1 Å². The van der Waals surface area contributed by atoms with Crippen LogP contribution < -0.4 is 5.76 Å². The first kappa shape index (κ1) is 8.68. The number of rotatable bonds is 1. The third-order valence-corrected chi connectivity index (χ3v) is 1.79. The SMILES string of the molecule is Cc1ccc(F)c(-c2n[nH]c(=O)o2)c1. The fourth-order valence-corrected chi connectivity index (χ4v) is 1.15. The van der Waals surface area contributed by atoms with Crippen LogP contribution in [-0.4, -0.2) is 10.2 Å². The number of aromatic nitrogens is 2. The second kappa shape index (κ2) is 3.10. The first-order valence-electron chi connectivity index (χ1n) is 3.99. The van der Waals surface area contributed by atoms with Gasteiger partial charge in [0.1, 0.15) is 5.82 Å². The maximum atomic E-state index is 13.2. The normalized spacial score (nSPS) is 10.4. The Morgan fingerprint density at radius 1 is 1.50 bits per heavy atom. The second-order valence-corrected chi connectivity index (χ2v) is 2.90. The van der Waals surface area contributed by atoms with Crippen LogP contribution in [0, 0.1) is 12.7 Å². The van der Waals surface area contributed by atoms with Crippen LogP contribution in [0.15, 0.2) is 27.4 Å². The molecule has 0 bridgehead atoms. The number of halogens is 1. The van der Waals surface area contributed by atoms with Gasteiger partial charge in [-0.1, -0.05) is 11.6 Å². The summed E-state index contributed by atoms with van der Waals surface area (Å²) in [5, 5.41) is 5.62. The van der Waals surface area contributed by atoms with Crippen LogP contribution in [0.3, 0.4) is 0 Å². The van der Waals surface area contributed by atoms with Crippen LogP contribution in [0.1, 0.15) is 5.56 Å². The molecule has 1 aromatic carbocycles. The van der Waals surface area contributed by atoms with E-state index in [9.17, 15) is 9.18 Å². The van der Waals surface area contributed by atoms with E-state index in [2.05, 4.69) is 14.6 Å². The third kappa shape index (κ3) is 1.44. The number of nitrogens with zero attached hydrogens (tertiary/aromatic N) is 1. The van der Waals surface area contributed by atoms with Crippen molar-refractivity contribution >= 4 is 0 Å². The van der Waals surface area contributed by atoms with Gasteiger partial charge in [-0.05, 0) is 19.1 Å². The van der Waals surface area contributed by atoms with Crippen molar-refractivity contribution in [3.8, 4) is 11.5 Å². The molecule has 1 N–H and O–H groups in total. The van der Waals surface area contributed by atoms with Crippen molar-refractivity contribution in [3.63, 3.8) is 0 Å². The summed E-state index contributed by atoms with van der Waals surface area (Å²) in [6, 6.07) is 4.50. The van der Waals surface area contributed by atoms with Gasteiger partial charge < -0.3 is 4.42 Å². The van der Waals surface area contributed by atoms with Crippen LogP contribution in [0.4, 0.5) is 4.39 Å². The van der Waals surface area contributed by atoms with Gasteiger partial charge in [-0.25, -0.2) is 14.3 Å². The molecule has 0 saturated carbocycles. The number of benzene rings is 1. The number of aromatic amines is 1. The minimum absolute atomic E-state index is 0.0313.